The van der Waals surface area contributed by atoms with Crippen LogP contribution >= 0.6 is 0 Å². The lowest BCUT2D eigenvalue weighted by molar-refractivity contribution is 0.0919. The average molecular weight is 344 g/mol. The maximum atomic E-state index is 12.2. The summed E-state index contributed by atoms with van der Waals surface area (Å²) in [6.07, 6.45) is 0. The zero-order chi connectivity index (χ0) is 17.3. The van der Waals surface area contributed by atoms with Gasteiger partial charge >= 0.3 is 5.91 Å². The van der Waals surface area contributed by atoms with Gasteiger partial charge in [-0.05, 0) is 43.7 Å². The predicted molar refractivity (Wildman–Crippen MR) is 89.9 cm³/mol. The molecule has 0 spiro atoms. The molecule has 24 heavy (non-hydrogen) atoms. The lowest BCUT2D eigenvalue weighted by atomic mass is 10.2. The summed E-state index contributed by atoms with van der Waals surface area (Å²) < 4.78 is 29.9. The lowest BCUT2D eigenvalue weighted by Gasteiger charge is -2.09. The van der Waals surface area contributed by atoms with E-state index in [-0.39, 0.29) is 10.7 Å². The van der Waals surface area contributed by atoms with E-state index in [4.69, 9.17) is 4.42 Å². The summed E-state index contributed by atoms with van der Waals surface area (Å²) in [5, 5.41) is 0.780. The van der Waals surface area contributed by atoms with Gasteiger partial charge < -0.3 is 4.42 Å². The second-order valence-electron chi connectivity index (χ2n) is 5.48. The highest BCUT2D eigenvalue weighted by Crippen LogP contribution is 2.20. The number of hydrogen-bond donors (Lipinski definition) is 2. The van der Waals surface area contributed by atoms with Crippen molar-refractivity contribution in [2.75, 3.05) is 0 Å². The van der Waals surface area contributed by atoms with Crippen LogP contribution in [0.2, 0.25) is 0 Å². The number of sulfonamides is 1. The maximum absolute atomic E-state index is 12.2. The molecule has 2 aromatic carbocycles. The molecule has 6 nitrogen and oxygen atoms in total. The van der Waals surface area contributed by atoms with E-state index in [1.165, 1.54) is 6.07 Å². The molecule has 0 aliphatic heterocycles. The first kappa shape index (κ1) is 16.2. The number of benzene rings is 2. The van der Waals surface area contributed by atoms with E-state index in [2.05, 4.69) is 10.3 Å². The van der Waals surface area contributed by atoms with Gasteiger partial charge in [0.25, 0.3) is 10.0 Å². The highest BCUT2D eigenvalue weighted by molar-refractivity contribution is 7.89. The van der Waals surface area contributed by atoms with Crippen molar-refractivity contribution in [2.45, 2.75) is 18.7 Å². The average Bonchev–Trinajstić information content (AvgIpc) is 2.96. The number of nitrogens with one attached hydrogen (secondary N) is 2. The van der Waals surface area contributed by atoms with Crippen molar-refractivity contribution in [2.24, 2.45) is 0 Å². The summed E-state index contributed by atoms with van der Waals surface area (Å²) >= 11 is 0. The number of amides is 1. The smallest absolute Gasteiger partial charge is 0.301 e. The van der Waals surface area contributed by atoms with Gasteiger partial charge in [-0.25, -0.2) is 8.42 Å². The molecule has 0 fully saturated rings. The number of rotatable bonds is 4. The first-order valence-corrected chi connectivity index (χ1v) is 8.73. The van der Waals surface area contributed by atoms with Gasteiger partial charge in [-0.3, -0.25) is 10.2 Å². The third-order valence-corrected chi connectivity index (χ3v) is 4.99. The third-order valence-electron chi connectivity index (χ3n) is 3.58. The summed E-state index contributed by atoms with van der Waals surface area (Å²) in [4.78, 5) is 14.3. The molecule has 0 aliphatic rings. The molecule has 3 aromatic rings. The number of carbonyl (C=O) groups is 1. The van der Waals surface area contributed by atoms with Gasteiger partial charge in [-0.2, -0.15) is 0 Å². The zero-order valence-corrected chi connectivity index (χ0v) is 14.0. The Morgan fingerprint density at radius 2 is 1.79 bits per heavy atom. The molecule has 3 rings (SSSR count). The minimum absolute atomic E-state index is 0.0306. The van der Waals surface area contributed by atoms with Crippen LogP contribution in [0.5, 0.6) is 0 Å². The highest BCUT2D eigenvalue weighted by Gasteiger charge is 2.19. The fourth-order valence-electron chi connectivity index (χ4n) is 2.36. The van der Waals surface area contributed by atoms with E-state index in [9.17, 15) is 13.2 Å². The molecule has 124 valence electrons. The molecule has 2 N–H and O–H groups in total. The number of fused-ring (bicyclic) bond motifs is 1. The normalized spacial score (nSPS) is 11.6. The summed E-state index contributed by atoms with van der Waals surface area (Å²) in [5.74, 6) is -0.635. The van der Waals surface area contributed by atoms with Crippen molar-refractivity contribution in [3.63, 3.8) is 0 Å². The Hall–Kier alpha value is -2.64. The van der Waals surface area contributed by atoms with Crippen LogP contribution in [0.15, 0.2) is 57.8 Å². The van der Waals surface area contributed by atoms with Crippen LogP contribution in [0, 0.1) is 13.8 Å². The Morgan fingerprint density at radius 3 is 2.54 bits per heavy atom. The molecule has 0 saturated carbocycles. The fraction of sp³-hybridized carbons (Fsp3) is 0.118. The molecule has 1 amide bonds. The van der Waals surface area contributed by atoms with Crippen LogP contribution < -0.4 is 10.3 Å². The van der Waals surface area contributed by atoms with Crippen molar-refractivity contribution in [1.82, 2.24) is 10.3 Å². The number of aryl methyl sites for hydroxylation is 2. The van der Waals surface area contributed by atoms with E-state index in [0.717, 1.165) is 10.9 Å². The van der Waals surface area contributed by atoms with E-state index >= 15 is 0 Å². The minimum Gasteiger partial charge on any atom is -0.451 e. The van der Waals surface area contributed by atoms with Gasteiger partial charge in [0.05, 0.1) is 4.90 Å². The molecule has 1 aromatic heterocycles. The largest absolute Gasteiger partial charge is 0.451 e. The number of hydrogen-bond acceptors (Lipinski definition) is 4. The minimum atomic E-state index is -3.85. The van der Waals surface area contributed by atoms with E-state index in [1.54, 1.807) is 37.3 Å². The van der Waals surface area contributed by atoms with Crippen LogP contribution in [0.4, 0.5) is 0 Å². The number of carbonyl (C=O) groups excluding carboxylic acids is 1. The van der Waals surface area contributed by atoms with Crippen LogP contribution in [-0.4, -0.2) is 14.3 Å². The van der Waals surface area contributed by atoms with Gasteiger partial charge in [0.1, 0.15) is 5.58 Å². The van der Waals surface area contributed by atoms with Crippen molar-refractivity contribution in [1.29, 1.82) is 0 Å². The molecule has 0 atom stereocenters. The monoisotopic (exact) mass is 344 g/mol. The van der Waals surface area contributed by atoms with Crippen LogP contribution in [-0.2, 0) is 10.0 Å². The SMILES string of the molecule is Cc1ccc2oc(C(=O)NNS(=O)(=O)c3ccccc3C)cc2c1. The lowest BCUT2D eigenvalue weighted by Crippen LogP contribution is -2.41. The molecular weight excluding hydrogens is 328 g/mol. The van der Waals surface area contributed by atoms with E-state index in [1.807, 2.05) is 19.1 Å². The van der Waals surface area contributed by atoms with Crippen LogP contribution in [0.3, 0.4) is 0 Å². The molecule has 1 heterocycles. The Morgan fingerprint density at radius 1 is 1.04 bits per heavy atom. The number of hydrazine groups is 1. The fourth-order valence-corrected chi connectivity index (χ4v) is 3.45. The first-order chi connectivity index (χ1) is 11.4. The van der Waals surface area contributed by atoms with E-state index in [0.29, 0.717) is 11.1 Å². The summed E-state index contributed by atoms with van der Waals surface area (Å²) in [6, 6.07) is 13.6. The summed E-state index contributed by atoms with van der Waals surface area (Å²) in [7, 11) is -3.85. The van der Waals surface area contributed by atoms with E-state index < -0.39 is 15.9 Å². The van der Waals surface area contributed by atoms with Gasteiger partial charge in [-0.15, -0.1) is 4.83 Å². The van der Waals surface area contributed by atoms with Crippen molar-refractivity contribution < 1.29 is 17.6 Å². The van der Waals surface area contributed by atoms with Crippen molar-refractivity contribution in [3.8, 4) is 0 Å². The van der Waals surface area contributed by atoms with Gasteiger partial charge in [0.2, 0.25) is 0 Å². The second-order valence-corrected chi connectivity index (χ2v) is 7.13. The quantitative estimate of drug-likeness (QED) is 0.712. The highest BCUT2D eigenvalue weighted by atomic mass is 32.2. The molecule has 7 heteroatoms. The number of furan rings is 1. The predicted octanol–water partition coefficient (Wildman–Crippen LogP) is 2.67. The summed E-state index contributed by atoms with van der Waals surface area (Å²) in [5.41, 5.74) is 4.35. The van der Waals surface area contributed by atoms with Gasteiger partial charge in [0, 0.05) is 5.39 Å². The van der Waals surface area contributed by atoms with Gasteiger partial charge in [-0.1, -0.05) is 29.8 Å². The topological polar surface area (TPSA) is 88.4 Å². The Bertz CT molecular complexity index is 1020. The van der Waals surface area contributed by atoms with Crippen molar-refractivity contribution >= 4 is 26.9 Å². The van der Waals surface area contributed by atoms with Crippen LogP contribution in [0.25, 0.3) is 11.0 Å². The molecule has 0 radical (unpaired) electrons. The summed E-state index contributed by atoms with van der Waals surface area (Å²) in [6.45, 7) is 3.61. The molecule has 0 unspecified atom stereocenters. The third kappa shape index (κ3) is 3.17. The molecule has 0 saturated heterocycles. The Labute approximate surface area is 139 Å². The van der Waals surface area contributed by atoms with Crippen LogP contribution in [0.1, 0.15) is 21.7 Å². The van der Waals surface area contributed by atoms with Gasteiger partial charge in [0.15, 0.2) is 5.76 Å². The van der Waals surface area contributed by atoms with Crippen molar-refractivity contribution in [3.05, 3.63) is 65.4 Å². The molecular formula is C17H16N2O4S. The standard InChI is InChI=1S/C17H16N2O4S/c1-11-7-8-14-13(9-11)10-15(23-14)17(20)18-19-24(21,22)16-6-4-3-5-12(16)2/h3-10,19H,1-2H3,(H,18,20). The first-order valence-electron chi connectivity index (χ1n) is 7.25. The second kappa shape index (κ2) is 6.10. The molecule has 0 bridgehead atoms. The molecule has 0 aliphatic carbocycles. The Balaban J connectivity index is 1.78. The maximum Gasteiger partial charge on any atom is 0.301 e. The Kier molecular flexibility index (Phi) is 4.13. The zero-order valence-electron chi connectivity index (χ0n) is 13.2.